The van der Waals surface area contributed by atoms with E-state index in [9.17, 15) is 4.79 Å². The van der Waals surface area contributed by atoms with Crippen LogP contribution in [0.1, 0.15) is 4.88 Å². The molecule has 0 aliphatic carbocycles. The van der Waals surface area contributed by atoms with Crippen LogP contribution in [-0.2, 0) is 13.0 Å². The van der Waals surface area contributed by atoms with Gasteiger partial charge in [-0.05, 0) is 35.4 Å². The summed E-state index contributed by atoms with van der Waals surface area (Å²) in [5, 5.41) is 7.29. The summed E-state index contributed by atoms with van der Waals surface area (Å²) in [4.78, 5) is 13.7. The molecule has 0 aliphatic heterocycles. The smallest absolute Gasteiger partial charge is 0.258 e. The predicted molar refractivity (Wildman–Crippen MR) is 89.1 cm³/mol. The highest BCUT2D eigenvalue weighted by molar-refractivity contribution is 7.09. The summed E-state index contributed by atoms with van der Waals surface area (Å²) in [6.07, 6.45) is 2.93. The molecule has 0 bridgehead atoms. The lowest BCUT2D eigenvalue weighted by Crippen LogP contribution is -2.27. The fourth-order valence-electron chi connectivity index (χ4n) is 2.40. The molecule has 3 rings (SSSR count). The molecule has 0 saturated heterocycles. The highest BCUT2D eigenvalue weighted by Crippen LogP contribution is 2.08. The monoisotopic (exact) mass is 298 g/mol. The summed E-state index contributed by atoms with van der Waals surface area (Å²) in [5.74, 6) is 0. The number of nitrogens with one attached hydrogen (secondary N) is 1. The van der Waals surface area contributed by atoms with Gasteiger partial charge in [-0.2, -0.15) is 0 Å². The van der Waals surface area contributed by atoms with Crippen molar-refractivity contribution >= 4 is 22.1 Å². The average molecular weight is 298 g/mol. The average Bonchev–Trinajstić information content (AvgIpc) is 3.03. The van der Waals surface area contributed by atoms with Crippen molar-refractivity contribution in [3.05, 3.63) is 69.3 Å². The van der Waals surface area contributed by atoms with E-state index in [0.29, 0.717) is 6.54 Å². The van der Waals surface area contributed by atoms with Crippen molar-refractivity contribution < 1.29 is 0 Å². The number of pyridine rings is 1. The molecule has 21 heavy (non-hydrogen) atoms. The summed E-state index contributed by atoms with van der Waals surface area (Å²) < 4.78 is 1.78. The molecule has 108 valence electrons. The van der Waals surface area contributed by atoms with Crippen molar-refractivity contribution in [1.82, 2.24) is 9.88 Å². The Bertz CT molecular complexity index is 762. The molecule has 0 amide bonds. The first-order valence-corrected chi connectivity index (χ1v) is 8.04. The lowest BCUT2D eigenvalue weighted by Gasteiger charge is -2.08. The zero-order valence-electron chi connectivity index (χ0n) is 11.8. The van der Waals surface area contributed by atoms with Crippen LogP contribution in [0.5, 0.6) is 0 Å². The molecule has 3 nitrogen and oxygen atoms in total. The second-order valence-corrected chi connectivity index (χ2v) is 6.01. The molecule has 0 spiro atoms. The standard InChI is InChI=1S/C17H18N2OS/c20-17-16-6-2-1-4-14(16)8-11-19(17)12-10-18-9-7-15-5-3-13-21-15/h1-6,8,11,13,18H,7,9-10,12H2. The number of hydrogen-bond donors (Lipinski definition) is 1. The second kappa shape index (κ2) is 6.70. The molecule has 2 aromatic heterocycles. The summed E-state index contributed by atoms with van der Waals surface area (Å²) in [7, 11) is 0. The summed E-state index contributed by atoms with van der Waals surface area (Å²) >= 11 is 1.79. The molecule has 0 fully saturated rings. The van der Waals surface area contributed by atoms with E-state index in [-0.39, 0.29) is 5.56 Å². The minimum Gasteiger partial charge on any atom is -0.315 e. The number of rotatable bonds is 6. The quantitative estimate of drug-likeness (QED) is 0.710. The van der Waals surface area contributed by atoms with E-state index < -0.39 is 0 Å². The SMILES string of the molecule is O=c1c2ccccc2ccn1CCNCCc1cccs1. The van der Waals surface area contributed by atoms with E-state index in [4.69, 9.17) is 0 Å². The van der Waals surface area contributed by atoms with Gasteiger partial charge in [-0.25, -0.2) is 0 Å². The van der Waals surface area contributed by atoms with Gasteiger partial charge in [0.2, 0.25) is 0 Å². The summed E-state index contributed by atoms with van der Waals surface area (Å²) in [6.45, 7) is 2.46. The van der Waals surface area contributed by atoms with Crippen LogP contribution in [-0.4, -0.2) is 17.7 Å². The van der Waals surface area contributed by atoms with Crippen molar-refractivity contribution in [2.24, 2.45) is 0 Å². The number of benzene rings is 1. The summed E-state index contributed by atoms with van der Waals surface area (Å²) in [5.41, 5.74) is 0.0909. The Labute approximate surface area is 127 Å². The third-order valence-corrected chi connectivity index (χ3v) is 4.48. The predicted octanol–water partition coefficient (Wildman–Crippen LogP) is 2.90. The Kier molecular flexibility index (Phi) is 4.48. The number of nitrogens with zero attached hydrogens (tertiary/aromatic N) is 1. The maximum atomic E-state index is 12.3. The second-order valence-electron chi connectivity index (χ2n) is 4.98. The van der Waals surface area contributed by atoms with Gasteiger partial charge in [0.25, 0.3) is 5.56 Å². The first kappa shape index (κ1) is 14.0. The van der Waals surface area contributed by atoms with Gasteiger partial charge < -0.3 is 9.88 Å². The Morgan fingerprint density at radius 2 is 1.95 bits per heavy atom. The maximum Gasteiger partial charge on any atom is 0.258 e. The van der Waals surface area contributed by atoms with Crippen LogP contribution >= 0.6 is 11.3 Å². The van der Waals surface area contributed by atoms with E-state index in [0.717, 1.165) is 30.3 Å². The van der Waals surface area contributed by atoms with Gasteiger partial charge in [0.15, 0.2) is 0 Å². The maximum absolute atomic E-state index is 12.3. The fourth-order valence-corrected chi connectivity index (χ4v) is 3.11. The van der Waals surface area contributed by atoms with Crippen LogP contribution in [0.25, 0.3) is 10.8 Å². The van der Waals surface area contributed by atoms with Gasteiger partial charge in [0, 0.05) is 36.1 Å². The van der Waals surface area contributed by atoms with Crippen LogP contribution in [0, 0.1) is 0 Å². The van der Waals surface area contributed by atoms with Crippen molar-refractivity contribution in [3.8, 4) is 0 Å². The minimum atomic E-state index is 0.0909. The Balaban J connectivity index is 1.56. The molecule has 3 aromatic rings. The zero-order valence-corrected chi connectivity index (χ0v) is 12.6. The molecule has 2 heterocycles. The van der Waals surface area contributed by atoms with Crippen LogP contribution in [0.2, 0.25) is 0 Å². The van der Waals surface area contributed by atoms with Crippen LogP contribution in [0.4, 0.5) is 0 Å². The van der Waals surface area contributed by atoms with Crippen molar-refractivity contribution in [3.63, 3.8) is 0 Å². The molecule has 1 N–H and O–H groups in total. The third-order valence-electron chi connectivity index (χ3n) is 3.54. The molecule has 0 aliphatic rings. The summed E-state index contributed by atoms with van der Waals surface area (Å²) in [6, 6.07) is 14.0. The Hall–Kier alpha value is -1.91. The highest BCUT2D eigenvalue weighted by Gasteiger charge is 2.01. The molecule has 0 atom stereocenters. The normalized spacial score (nSPS) is 11.0. The number of hydrogen-bond acceptors (Lipinski definition) is 3. The lowest BCUT2D eigenvalue weighted by molar-refractivity contribution is 0.590. The fraction of sp³-hybridized carbons (Fsp3) is 0.235. The number of aromatic nitrogens is 1. The van der Waals surface area contributed by atoms with Crippen molar-refractivity contribution in [2.75, 3.05) is 13.1 Å². The van der Waals surface area contributed by atoms with Gasteiger partial charge in [-0.1, -0.05) is 24.3 Å². The lowest BCUT2D eigenvalue weighted by atomic mass is 10.2. The highest BCUT2D eigenvalue weighted by atomic mass is 32.1. The largest absolute Gasteiger partial charge is 0.315 e. The molecule has 0 radical (unpaired) electrons. The van der Waals surface area contributed by atoms with E-state index in [2.05, 4.69) is 22.8 Å². The van der Waals surface area contributed by atoms with Gasteiger partial charge in [0.1, 0.15) is 0 Å². The minimum absolute atomic E-state index is 0.0909. The van der Waals surface area contributed by atoms with Gasteiger partial charge in [-0.15, -0.1) is 11.3 Å². The van der Waals surface area contributed by atoms with Gasteiger partial charge in [-0.3, -0.25) is 4.79 Å². The van der Waals surface area contributed by atoms with E-state index >= 15 is 0 Å². The van der Waals surface area contributed by atoms with Crippen LogP contribution < -0.4 is 10.9 Å². The van der Waals surface area contributed by atoms with E-state index in [1.54, 1.807) is 15.9 Å². The van der Waals surface area contributed by atoms with Gasteiger partial charge in [0.05, 0.1) is 0 Å². The molecule has 0 unspecified atom stereocenters. The molecular formula is C17H18N2OS. The first-order valence-electron chi connectivity index (χ1n) is 7.16. The number of fused-ring (bicyclic) bond motifs is 1. The van der Waals surface area contributed by atoms with E-state index in [1.807, 2.05) is 36.5 Å². The zero-order chi connectivity index (χ0) is 14.5. The van der Waals surface area contributed by atoms with Crippen molar-refractivity contribution in [1.29, 1.82) is 0 Å². The van der Waals surface area contributed by atoms with Gasteiger partial charge >= 0.3 is 0 Å². The molecular weight excluding hydrogens is 280 g/mol. The Morgan fingerprint density at radius 3 is 2.81 bits per heavy atom. The Morgan fingerprint density at radius 1 is 1.05 bits per heavy atom. The third kappa shape index (κ3) is 3.40. The molecule has 4 heteroatoms. The van der Waals surface area contributed by atoms with Crippen LogP contribution in [0.3, 0.4) is 0 Å². The van der Waals surface area contributed by atoms with E-state index in [1.165, 1.54) is 4.88 Å². The van der Waals surface area contributed by atoms with Crippen molar-refractivity contribution in [2.45, 2.75) is 13.0 Å². The van der Waals surface area contributed by atoms with Crippen LogP contribution in [0.15, 0.2) is 58.8 Å². The topological polar surface area (TPSA) is 34.0 Å². The molecule has 1 aromatic carbocycles. The number of thiophene rings is 1. The molecule has 0 saturated carbocycles. The first-order chi connectivity index (χ1) is 10.3.